The van der Waals surface area contributed by atoms with Gasteiger partial charge in [-0.15, -0.1) is 0 Å². The van der Waals surface area contributed by atoms with Gasteiger partial charge in [0.15, 0.2) is 11.5 Å². The number of nitrogens with one attached hydrogen (secondary N) is 1. The number of aliphatic hydroxyl groups excluding tert-OH is 1. The first kappa shape index (κ1) is 28.1. The Labute approximate surface area is 216 Å². The zero-order chi connectivity index (χ0) is 27.2. The lowest BCUT2D eigenvalue weighted by Crippen LogP contribution is -2.55. The number of rotatable bonds is 12. The summed E-state index contributed by atoms with van der Waals surface area (Å²) in [4.78, 5) is 25.2. The van der Waals surface area contributed by atoms with Gasteiger partial charge in [-0.2, -0.15) is 0 Å². The standard InChI is InChI=1S/C27H35NO9/c1-7-34-25(30)27(26(31)35-8-2)36-22-11-9-18(14-23(22)37-27)13-16(3)28-17(4)24(29)20-15-19(32-5)10-12-21(20)33-6/h9-12,14-17,24,28-29H,7-8,13H2,1-6H3. The summed E-state index contributed by atoms with van der Waals surface area (Å²) in [6.45, 7) is 7.19. The molecular formula is C27H35NO9. The van der Waals surface area contributed by atoms with Crippen molar-refractivity contribution >= 4 is 11.9 Å². The molecule has 0 spiro atoms. The van der Waals surface area contributed by atoms with Crippen LogP contribution in [-0.4, -0.2) is 62.3 Å². The lowest BCUT2D eigenvalue weighted by Gasteiger charge is -2.26. The Hall–Kier alpha value is -3.50. The molecule has 1 heterocycles. The monoisotopic (exact) mass is 517 g/mol. The van der Waals surface area contributed by atoms with Crippen LogP contribution in [-0.2, 0) is 25.5 Å². The van der Waals surface area contributed by atoms with Gasteiger partial charge in [-0.1, -0.05) is 6.07 Å². The molecule has 2 aromatic rings. The molecule has 1 aliphatic rings. The van der Waals surface area contributed by atoms with E-state index in [1.807, 2.05) is 19.9 Å². The highest BCUT2D eigenvalue weighted by molar-refractivity contribution is 6.03. The van der Waals surface area contributed by atoms with Gasteiger partial charge < -0.3 is 38.8 Å². The number of ether oxygens (including phenoxy) is 6. The zero-order valence-electron chi connectivity index (χ0n) is 22.0. The molecule has 0 bridgehead atoms. The molecule has 0 aromatic heterocycles. The van der Waals surface area contributed by atoms with E-state index in [1.54, 1.807) is 58.4 Å². The highest BCUT2D eigenvalue weighted by Crippen LogP contribution is 2.41. The summed E-state index contributed by atoms with van der Waals surface area (Å²) in [7, 11) is 3.12. The van der Waals surface area contributed by atoms with E-state index in [9.17, 15) is 14.7 Å². The van der Waals surface area contributed by atoms with Crippen molar-refractivity contribution in [3.05, 3.63) is 47.5 Å². The van der Waals surface area contributed by atoms with Gasteiger partial charge in [0, 0.05) is 17.6 Å². The summed E-state index contributed by atoms with van der Waals surface area (Å²) in [5.41, 5.74) is 1.48. The fourth-order valence-electron chi connectivity index (χ4n) is 4.17. The molecule has 2 aromatic carbocycles. The third kappa shape index (κ3) is 6.08. The molecule has 1 aliphatic heterocycles. The van der Waals surface area contributed by atoms with Crippen molar-refractivity contribution in [2.45, 2.75) is 58.1 Å². The normalized spacial score (nSPS) is 15.9. The highest BCUT2D eigenvalue weighted by Gasteiger charge is 2.59. The van der Waals surface area contributed by atoms with E-state index >= 15 is 0 Å². The van der Waals surface area contributed by atoms with Crippen LogP contribution in [0.1, 0.15) is 44.9 Å². The van der Waals surface area contributed by atoms with Gasteiger partial charge >= 0.3 is 17.7 Å². The van der Waals surface area contributed by atoms with Crippen molar-refractivity contribution in [2.24, 2.45) is 0 Å². The second-order valence-electron chi connectivity index (χ2n) is 8.66. The molecule has 10 heteroatoms. The molecule has 0 amide bonds. The predicted molar refractivity (Wildman–Crippen MR) is 134 cm³/mol. The summed E-state index contributed by atoms with van der Waals surface area (Å²) in [5, 5.41) is 14.4. The van der Waals surface area contributed by atoms with E-state index in [0.717, 1.165) is 5.56 Å². The lowest BCUT2D eigenvalue weighted by atomic mass is 10.00. The topological polar surface area (TPSA) is 122 Å². The Balaban J connectivity index is 1.71. The average Bonchev–Trinajstić information content (AvgIpc) is 3.28. The number of hydrogen-bond donors (Lipinski definition) is 2. The minimum Gasteiger partial charge on any atom is -0.497 e. The van der Waals surface area contributed by atoms with Crippen LogP contribution in [0.2, 0.25) is 0 Å². The molecule has 2 N–H and O–H groups in total. The van der Waals surface area contributed by atoms with Crippen LogP contribution in [0.3, 0.4) is 0 Å². The minimum absolute atomic E-state index is 0.0448. The minimum atomic E-state index is -2.33. The number of carbonyl (C=O) groups is 2. The second kappa shape index (κ2) is 12.2. The molecule has 0 saturated carbocycles. The van der Waals surface area contributed by atoms with E-state index in [1.165, 1.54) is 0 Å². The number of esters is 2. The third-order valence-electron chi connectivity index (χ3n) is 5.92. The summed E-state index contributed by atoms with van der Waals surface area (Å²) in [5.74, 6) is -2.62. The van der Waals surface area contributed by atoms with E-state index in [2.05, 4.69) is 5.32 Å². The molecule has 3 rings (SSSR count). The number of hydrogen-bond acceptors (Lipinski definition) is 10. The molecule has 37 heavy (non-hydrogen) atoms. The van der Waals surface area contributed by atoms with Crippen molar-refractivity contribution in [3.63, 3.8) is 0 Å². The fraction of sp³-hybridized carbons (Fsp3) is 0.481. The quantitative estimate of drug-likeness (QED) is 0.321. The van der Waals surface area contributed by atoms with E-state index in [4.69, 9.17) is 28.4 Å². The summed E-state index contributed by atoms with van der Waals surface area (Å²) in [6.07, 6.45) is -0.284. The maximum atomic E-state index is 12.6. The first-order chi connectivity index (χ1) is 17.7. The number of fused-ring (bicyclic) bond motifs is 1. The largest absolute Gasteiger partial charge is 0.497 e. The number of carbonyl (C=O) groups excluding carboxylic acids is 2. The van der Waals surface area contributed by atoms with Gasteiger partial charge in [-0.25, -0.2) is 9.59 Å². The van der Waals surface area contributed by atoms with Crippen LogP contribution in [0.5, 0.6) is 23.0 Å². The van der Waals surface area contributed by atoms with E-state index in [-0.39, 0.29) is 36.8 Å². The smallest absolute Gasteiger partial charge is 0.453 e. The highest BCUT2D eigenvalue weighted by atomic mass is 16.8. The van der Waals surface area contributed by atoms with Gasteiger partial charge in [-0.05, 0) is 70.0 Å². The van der Waals surface area contributed by atoms with E-state index in [0.29, 0.717) is 23.5 Å². The van der Waals surface area contributed by atoms with Crippen LogP contribution in [0.4, 0.5) is 0 Å². The molecule has 10 nitrogen and oxygen atoms in total. The predicted octanol–water partition coefficient (Wildman–Crippen LogP) is 2.94. The summed E-state index contributed by atoms with van der Waals surface area (Å²) < 4.78 is 32.1. The van der Waals surface area contributed by atoms with Crippen LogP contribution in [0.15, 0.2) is 36.4 Å². The Morgan fingerprint density at radius 3 is 2.19 bits per heavy atom. The van der Waals surface area contributed by atoms with Crippen LogP contribution < -0.4 is 24.3 Å². The van der Waals surface area contributed by atoms with Gasteiger partial charge in [-0.3, -0.25) is 0 Å². The van der Waals surface area contributed by atoms with Crippen LogP contribution >= 0.6 is 0 Å². The Kier molecular flexibility index (Phi) is 9.23. The number of benzene rings is 2. The Bertz CT molecular complexity index is 1090. The summed E-state index contributed by atoms with van der Waals surface area (Å²) in [6, 6.07) is 10.1. The number of methoxy groups -OCH3 is 2. The van der Waals surface area contributed by atoms with E-state index < -0.39 is 23.8 Å². The molecular weight excluding hydrogens is 482 g/mol. The van der Waals surface area contributed by atoms with Gasteiger partial charge in [0.1, 0.15) is 11.5 Å². The van der Waals surface area contributed by atoms with Gasteiger partial charge in [0.25, 0.3) is 0 Å². The molecule has 0 radical (unpaired) electrons. The lowest BCUT2D eigenvalue weighted by molar-refractivity contribution is -0.202. The van der Waals surface area contributed by atoms with Crippen molar-refractivity contribution in [1.82, 2.24) is 5.32 Å². The first-order valence-corrected chi connectivity index (χ1v) is 12.2. The summed E-state index contributed by atoms with van der Waals surface area (Å²) >= 11 is 0. The van der Waals surface area contributed by atoms with Crippen LogP contribution in [0, 0.1) is 0 Å². The molecule has 202 valence electrons. The SMILES string of the molecule is CCOC(=O)C1(C(=O)OCC)Oc2ccc(CC(C)NC(C)C(O)c3cc(OC)ccc3OC)cc2O1. The van der Waals surface area contributed by atoms with Gasteiger partial charge in [0.2, 0.25) is 0 Å². The Morgan fingerprint density at radius 2 is 1.59 bits per heavy atom. The number of aliphatic hydroxyl groups is 1. The van der Waals surface area contributed by atoms with Crippen molar-refractivity contribution in [1.29, 1.82) is 0 Å². The third-order valence-corrected chi connectivity index (χ3v) is 5.92. The maximum absolute atomic E-state index is 12.6. The second-order valence-corrected chi connectivity index (χ2v) is 8.66. The molecule has 0 aliphatic carbocycles. The fourth-order valence-corrected chi connectivity index (χ4v) is 4.17. The Morgan fingerprint density at radius 1 is 0.946 bits per heavy atom. The average molecular weight is 518 g/mol. The first-order valence-electron chi connectivity index (χ1n) is 12.2. The molecule has 3 atom stereocenters. The maximum Gasteiger partial charge on any atom is 0.453 e. The van der Waals surface area contributed by atoms with Crippen molar-refractivity contribution < 1.29 is 43.1 Å². The molecule has 3 unspecified atom stereocenters. The molecule has 0 fully saturated rings. The van der Waals surface area contributed by atoms with Crippen molar-refractivity contribution in [2.75, 3.05) is 27.4 Å². The molecule has 0 saturated heterocycles. The van der Waals surface area contributed by atoms with Gasteiger partial charge in [0.05, 0.1) is 33.5 Å². The van der Waals surface area contributed by atoms with Crippen LogP contribution in [0.25, 0.3) is 0 Å². The van der Waals surface area contributed by atoms with Crippen molar-refractivity contribution in [3.8, 4) is 23.0 Å². The zero-order valence-corrected chi connectivity index (χ0v) is 22.0.